The van der Waals surface area contributed by atoms with Gasteiger partial charge in [-0.1, -0.05) is 42.4 Å². The second kappa shape index (κ2) is 6.65. The maximum atomic E-state index is 12.8. The predicted molar refractivity (Wildman–Crippen MR) is 57.2 cm³/mol. The van der Waals surface area contributed by atoms with E-state index in [1.165, 1.54) is 0 Å². The molecule has 15 heavy (non-hydrogen) atoms. The van der Waals surface area contributed by atoms with Gasteiger partial charge >= 0.3 is 12.0 Å². The Morgan fingerprint density at radius 3 is 2.20 bits per heavy atom. The molecule has 0 aliphatic rings. The Morgan fingerprint density at radius 1 is 1.27 bits per heavy atom. The lowest BCUT2D eigenvalue weighted by molar-refractivity contribution is 0.00274. The molecule has 0 aliphatic carbocycles. The van der Waals surface area contributed by atoms with Crippen LogP contribution >= 0.6 is 22.6 Å². The van der Waals surface area contributed by atoms with E-state index in [0.29, 0.717) is 6.42 Å². The molecule has 90 valence electrons. The van der Waals surface area contributed by atoms with Crippen LogP contribution in [0.3, 0.4) is 0 Å². The van der Waals surface area contributed by atoms with Crippen LogP contribution in [-0.2, 0) is 0 Å². The van der Waals surface area contributed by atoms with E-state index in [9.17, 15) is 22.0 Å². The van der Waals surface area contributed by atoms with Gasteiger partial charge in [0.1, 0.15) is 0 Å². The largest absolute Gasteiger partial charge is 0.307 e. The molecule has 0 spiro atoms. The molecule has 1 unspecified atom stereocenters. The molecule has 1 atom stereocenters. The highest BCUT2D eigenvalue weighted by Gasteiger charge is 2.40. The Bertz CT molecular complexity index is 223. The quantitative estimate of drug-likeness (QED) is 0.359. The zero-order valence-electron chi connectivity index (χ0n) is 8.17. The number of halogens is 6. The van der Waals surface area contributed by atoms with Crippen LogP contribution in [0.2, 0.25) is 0 Å². The summed E-state index contributed by atoms with van der Waals surface area (Å²) in [4.78, 5) is 0. The van der Waals surface area contributed by atoms with Crippen LogP contribution in [0.25, 0.3) is 0 Å². The summed E-state index contributed by atoms with van der Waals surface area (Å²) in [5.41, 5.74) is 0. The van der Waals surface area contributed by atoms with Crippen LogP contribution in [-0.4, -0.2) is 9.85 Å². The second-order valence-electron chi connectivity index (χ2n) is 3.22. The average molecular weight is 342 g/mol. The summed E-state index contributed by atoms with van der Waals surface area (Å²) >= 11 is 1.73. The van der Waals surface area contributed by atoms with Crippen LogP contribution in [0.4, 0.5) is 22.0 Å². The molecule has 0 bridgehead atoms. The average Bonchev–Trinajstić information content (AvgIpc) is 2.12. The Morgan fingerprint density at radius 2 is 1.80 bits per heavy atom. The van der Waals surface area contributed by atoms with E-state index in [0.717, 1.165) is 12.8 Å². The zero-order valence-corrected chi connectivity index (χ0v) is 10.3. The van der Waals surface area contributed by atoms with Crippen molar-refractivity contribution in [2.45, 2.75) is 42.5 Å². The minimum atomic E-state index is -4.04. The van der Waals surface area contributed by atoms with Gasteiger partial charge in [-0.2, -0.15) is 22.0 Å². The fourth-order valence-corrected chi connectivity index (χ4v) is 2.03. The fourth-order valence-electron chi connectivity index (χ4n) is 1.03. The summed E-state index contributed by atoms with van der Waals surface area (Å²) in [5, 5.41) is 0. The summed E-state index contributed by atoms with van der Waals surface area (Å²) in [6, 6.07) is 0. The minimum Gasteiger partial charge on any atom is -0.199 e. The molecule has 0 saturated carbocycles. The van der Waals surface area contributed by atoms with Gasteiger partial charge in [0.2, 0.25) is 5.83 Å². The third-order valence-corrected chi connectivity index (χ3v) is 2.90. The van der Waals surface area contributed by atoms with Crippen LogP contribution in [0.5, 0.6) is 0 Å². The van der Waals surface area contributed by atoms with Crippen molar-refractivity contribution in [3.05, 3.63) is 11.9 Å². The highest BCUT2D eigenvalue weighted by molar-refractivity contribution is 14.1. The first-order valence-electron chi connectivity index (χ1n) is 4.54. The van der Waals surface area contributed by atoms with Crippen molar-refractivity contribution in [1.29, 1.82) is 0 Å². The number of unbranched alkanes of at least 4 members (excludes halogenated alkanes) is 1. The molecular weight excluding hydrogens is 330 g/mol. The van der Waals surface area contributed by atoms with Crippen molar-refractivity contribution >= 4 is 22.6 Å². The smallest absolute Gasteiger partial charge is 0.199 e. The lowest BCUT2D eigenvalue weighted by atomic mass is 10.1. The molecule has 0 rings (SSSR count). The van der Waals surface area contributed by atoms with Crippen molar-refractivity contribution in [1.82, 2.24) is 0 Å². The number of alkyl halides is 3. The molecule has 0 radical (unpaired) electrons. The molecular formula is C9H12F5I. The van der Waals surface area contributed by atoms with Crippen molar-refractivity contribution in [3.8, 4) is 0 Å². The first-order valence-corrected chi connectivity index (χ1v) is 5.79. The highest BCUT2D eigenvalue weighted by atomic mass is 127. The standard InChI is InChI=1S/C9H12F5I/c1-2-3-4-6(15)5-9(13,14)7(10)8(11)12/h6H,2-5H2,1H3. The van der Waals surface area contributed by atoms with Gasteiger partial charge in [0.25, 0.3) is 0 Å². The maximum Gasteiger partial charge on any atom is 0.307 e. The molecule has 0 saturated heterocycles. The van der Waals surface area contributed by atoms with Gasteiger partial charge in [0, 0.05) is 10.3 Å². The predicted octanol–water partition coefficient (Wildman–Crippen LogP) is 5.08. The summed E-state index contributed by atoms with van der Waals surface area (Å²) in [7, 11) is 0. The van der Waals surface area contributed by atoms with Gasteiger partial charge in [0.05, 0.1) is 0 Å². The maximum absolute atomic E-state index is 12.8. The molecule has 0 aromatic rings. The third-order valence-electron chi connectivity index (χ3n) is 1.84. The Hall–Kier alpha value is 0.120. The lowest BCUT2D eigenvalue weighted by Crippen LogP contribution is -2.22. The Kier molecular flexibility index (Phi) is 6.70. The molecule has 0 aromatic heterocycles. The highest BCUT2D eigenvalue weighted by Crippen LogP contribution is 2.36. The second-order valence-corrected chi connectivity index (χ2v) is 4.98. The summed E-state index contributed by atoms with van der Waals surface area (Å²) in [5.74, 6) is -6.64. The number of hydrogen-bond acceptors (Lipinski definition) is 0. The monoisotopic (exact) mass is 342 g/mol. The van der Waals surface area contributed by atoms with E-state index in [1.807, 2.05) is 6.92 Å². The fraction of sp³-hybridized carbons (Fsp3) is 0.778. The molecule has 0 aliphatic heterocycles. The van der Waals surface area contributed by atoms with Gasteiger partial charge in [-0.25, -0.2) is 0 Å². The van der Waals surface area contributed by atoms with Gasteiger partial charge in [-0.15, -0.1) is 0 Å². The lowest BCUT2D eigenvalue weighted by Gasteiger charge is -2.17. The van der Waals surface area contributed by atoms with Crippen LogP contribution in [0.15, 0.2) is 11.9 Å². The molecule has 0 aromatic carbocycles. The van der Waals surface area contributed by atoms with E-state index in [1.54, 1.807) is 22.6 Å². The van der Waals surface area contributed by atoms with Gasteiger partial charge in [0.15, 0.2) is 0 Å². The Balaban J connectivity index is 4.31. The molecule has 0 amide bonds. The normalized spacial score (nSPS) is 13.8. The van der Waals surface area contributed by atoms with Crippen molar-refractivity contribution in [2.24, 2.45) is 0 Å². The van der Waals surface area contributed by atoms with Gasteiger partial charge in [-0.05, 0) is 6.42 Å². The van der Waals surface area contributed by atoms with E-state index in [-0.39, 0.29) is 0 Å². The molecule has 0 heterocycles. The Labute approximate surface area is 99.1 Å². The van der Waals surface area contributed by atoms with Crippen LogP contribution < -0.4 is 0 Å². The van der Waals surface area contributed by atoms with Crippen LogP contribution in [0.1, 0.15) is 32.6 Å². The van der Waals surface area contributed by atoms with E-state index < -0.39 is 28.2 Å². The van der Waals surface area contributed by atoms with Crippen molar-refractivity contribution in [3.63, 3.8) is 0 Å². The van der Waals surface area contributed by atoms with Crippen LogP contribution in [0, 0.1) is 0 Å². The van der Waals surface area contributed by atoms with Crippen molar-refractivity contribution in [2.75, 3.05) is 0 Å². The number of hydrogen-bond donors (Lipinski definition) is 0. The first kappa shape index (κ1) is 15.1. The SMILES string of the molecule is CCCCC(I)CC(F)(F)C(F)=C(F)F. The molecule has 6 heteroatoms. The van der Waals surface area contributed by atoms with E-state index >= 15 is 0 Å². The number of allylic oxidation sites excluding steroid dienone is 1. The number of rotatable bonds is 6. The molecule has 0 fully saturated rings. The van der Waals surface area contributed by atoms with Gasteiger partial charge in [-0.3, -0.25) is 0 Å². The molecule has 0 nitrogen and oxygen atoms in total. The summed E-state index contributed by atoms with van der Waals surface area (Å²) in [6.45, 7) is 1.89. The minimum absolute atomic E-state index is 0.480. The zero-order chi connectivity index (χ0) is 12.1. The summed E-state index contributed by atoms with van der Waals surface area (Å²) in [6.07, 6.45) is -1.77. The van der Waals surface area contributed by atoms with Gasteiger partial charge < -0.3 is 0 Å². The summed E-state index contributed by atoms with van der Waals surface area (Å²) < 4.78 is 60.8. The molecule has 0 N–H and O–H groups in total. The van der Waals surface area contributed by atoms with Crippen molar-refractivity contribution < 1.29 is 22.0 Å². The van der Waals surface area contributed by atoms with E-state index in [2.05, 4.69) is 0 Å². The first-order chi connectivity index (χ1) is 6.81. The topological polar surface area (TPSA) is 0 Å². The van der Waals surface area contributed by atoms with E-state index in [4.69, 9.17) is 0 Å². The third kappa shape index (κ3) is 5.67.